The average molecular weight is 305 g/mol. The van der Waals surface area contributed by atoms with Gasteiger partial charge in [0, 0.05) is 26.2 Å². The van der Waals surface area contributed by atoms with Gasteiger partial charge in [-0.15, -0.1) is 0 Å². The molecule has 0 N–H and O–H groups in total. The Morgan fingerprint density at radius 1 is 0.818 bits per heavy atom. The van der Waals surface area contributed by atoms with Gasteiger partial charge in [0.25, 0.3) is 0 Å². The lowest BCUT2D eigenvalue weighted by Gasteiger charge is -2.28. The number of aromatic nitrogens is 2. The van der Waals surface area contributed by atoms with Crippen LogP contribution in [0, 0.1) is 10.1 Å². The molecule has 0 saturated carbocycles. The molecule has 2 aliphatic heterocycles. The van der Waals surface area contributed by atoms with E-state index in [2.05, 4.69) is 14.9 Å². The first-order valence-electron chi connectivity index (χ1n) is 8.26. The fourth-order valence-corrected chi connectivity index (χ4v) is 3.37. The molecule has 1 aromatic heterocycles. The third-order valence-electron chi connectivity index (χ3n) is 4.53. The fraction of sp³-hybridized carbons (Fsp3) is 0.733. The summed E-state index contributed by atoms with van der Waals surface area (Å²) < 4.78 is 0. The Hall–Kier alpha value is -1.92. The first-order chi connectivity index (χ1) is 10.8. The van der Waals surface area contributed by atoms with E-state index < -0.39 is 0 Å². The Morgan fingerprint density at radius 2 is 1.23 bits per heavy atom. The van der Waals surface area contributed by atoms with Crippen LogP contribution in [-0.2, 0) is 0 Å². The second-order valence-electron chi connectivity index (χ2n) is 6.08. The van der Waals surface area contributed by atoms with Crippen molar-refractivity contribution in [3.05, 3.63) is 16.4 Å². The van der Waals surface area contributed by atoms with Crippen LogP contribution in [0.15, 0.2) is 6.33 Å². The number of hydrogen-bond acceptors (Lipinski definition) is 6. The van der Waals surface area contributed by atoms with Gasteiger partial charge in [-0.2, -0.15) is 0 Å². The van der Waals surface area contributed by atoms with Crippen molar-refractivity contribution in [3.63, 3.8) is 0 Å². The largest absolute Gasteiger partial charge is 0.353 e. The summed E-state index contributed by atoms with van der Waals surface area (Å²) >= 11 is 0. The number of nitrogens with zero attached hydrogens (tertiary/aromatic N) is 5. The number of piperidine rings is 1. The van der Waals surface area contributed by atoms with Crippen molar-refractivity contribution >= 4 is 17.3 Å². The highest BCUT2D eigenvalue weighted by Crippen LogP contribution is 2.36. The highest BCUT2D eigenvalue weighted by molar-refractivity contribution is 5.71. The summed E-state index contributed by atoms with van der Waals surface area (Å²) in [4.78, 5) is 24.0. The Morgan fingerprint density at radius 3 is 1.64 bits per heavy atom. The SMILES string of the molecule is O=[N+]([O-])c1c(N2CCCCCC2)ncnc1N1CCCCC1. The Balaban J connectivity index is 1.96. The van der Waals surface area contributed by atoms with Crippen molar-refractivity contribution < 1.29 is 4.92 Å². The molecule has 0 aromatic carbocycles. The first kappa shape index (κ1) is 15.0. The highest BCUT2D eigenvalue weighted by atomic mass is 16.6. The van der Waals surface area contributed by atoms with Crippen molar-refractivity contribution in [1.29, 1.82) is 0 Å². The van der Waals surface area contributed by atoms with Gasteiger partial charge in [-0.25, -0.2) is 9.97 Å². The molecule has 7 heteroatoms. The molecule has 0 atom stereocenters. The van der Waals surface area contributed by atoms with E-state index in [0.717, 1.165) is 51.9 Å². The summed E-state index contributed by atoms with van der Waals surface area (Å²) in [6.45, 7) is 3.38. The zero-order valence-electron chi connectivity index (χ0n) is 12.9. The molecule has 2 aliphatic rings. The maximum atomic E-state index is 11.7. The minimum atomic E-state index is -0.301. The molecule has 3 heterocycles. The maximum Gasteiger partial charge on any atom is 0.353 e. The predicted octanol–water partition coefficient (Wildman–Crippen LogP) is 2.76. The van der Waals surface area contributed by atoms with Crippen LogP contribution < -0.4 is 9.80 Å². The van der Waals surface area contributed by atoms with Gasteiger partial charge in [-0.05, 0) is 32.1 Å². The topological polar surface area (TPSA) is 75.4 Å². The van der Waals surface area contributed by atoms with Gasteiger partial charge < -0.3 is 9.80 Å². The van der Waals surface area contributed by atoms with Gasteiger partial charge in [0.1, 0.15) is 6.33 Å². The lowest BCUT2D eigenvalue weighted by atomic mass is 10.1. The van der Waals surface area contributed by atoms with E-state index in [4.69, 9.17) is 0 Å². The van der Waals surface area contributed by atoms with Crippen molar-refractivity contribution in [2.75, 3.05) is 36.0 Å². The van der Waals surface area contributed by atoms with Crippen molar-refractivity contribution in [2.45, 2.75) is 44.9 Å². The quantitative estimate of drug-likeness (QED) is 0.631. The van der Waals surface area contributed by atoms with E-state index in [1.165, 1.54) is 25.6 Å². The molecule has 0 bridgehead atoms. The van der Waals surface area contributed by atoms with Gasteiger partial charge in [0.15, 0.2) is 0 Å². The zero-order chi connectivity index (χ0) is 15.4. The lowest BCUT2D eigenvalue weighted by molar-refractivity contribution is -0.383. The minimum absolute atomic E-state index is 0.0892. The molecule has 3 rings (SSSR count). The third-order valence-corrected chi connectivity index (χ3v) is 4.53. The van der Waals surface area contributed by atoms with Crippen LogP contribution in [-0.4, -0.2) is 41.1 Å². The lowest BCUT2D eigenvalue weighted by Crippen LogP contribution is -2.32. The normalized spacial score (nSPS) is 19.8. The Labute approximate surface area is 130 Å². The Bertz CT molecular complexity index is 523. The molecule has 7 nitrogen and oxygen atoms in total. The summed E-state index contributed by atoms with van der Waals surface area (Å²) in [5.74, 6) is 1.00. The predicted molar refractivity (Wildman–Crippen MR) is 85.4 cm³/mol. The summed E-state index contributed by atoms with van der Waals surface area (Å²) in [5, 5.41) is 11.7. The molecule has 22 heavy (non-hydrogen) atoms. The van der Waals surface area contributed by atoms with Crippen LogP contribution in [0.4, 0.5) is 17.3 Å². The molecule has 2 fully saturated rings. The molecular formula is C15H23N5O2. The summed E-state index contributed by atoms with van der Waals surface area (Å²) in [7, 11) is 0. The molecule has 0 unspecified atom stereocenters. The molecule has 1 aromatic rings. The van der Waals surface area contributed by atoms with E-state index in [0.29, 0.717) is 11.6 Å². The molecular weight excluding hydrogens is 282 g/mol. The van der Waals surface area contributed by atoms with E-state index in [-0.39, 0.29) is 10.6 Å². The first-order valence-corrected chi connectivity index (χ1v) is 8.26. The smallest absolute Gasteiger partial charge is 0.351 e. The monoisotopic (exact) mass is 305 g/mol. The minimum Gasteiger partial charge on any atom is -0.351 e. The van der Waals surface area contributed by atoms with Crippen LogP contribution in [0.5, 0.6) is 0 Å². The summed E-state index contributed by atoms with van der Waals surface area (Å²) in [6.07, 6.45) is 9.33. The zero-order valence-corrected chi connectivity index (χ0v) is 12.9. The number of hydrogen-bond donors (Lipinski definition) is 0. The molecule has 0 amide bonds. The van der Waals surface area contributed by atoms with Crippen LogP contribution in [0.25, 0.3) is 0 Å². The number of nitro groups is 1. The van der Waals surface area contributed by atoms with Crippen LogP contribution in [0.2, 0.25) is 0 Å². The molecule has 120 valence electrons. The van der Waals surface area contributed by atoms with Crippen LogP contribution >= 0.6 is 0 Å². The fourth-order valence-electron chi connectivity index (χ4n) is 3.37. The molecule has 0 spiro atoms. The van der Waals surface area contributed by atoms with E-state index >= 15 is 0 Å². The van der Waals surface area contributed by atoms with Gasteiger partial charge in [-0.1, -0.05) is 12.8 Å². The van der Waals surface area contributed by atoms with Crippen LogP contribution in [0.1, 0.15) is 44.9 Å². The maximum absolute atomic E-state index is 11.7. The Kier molecular flexibility index (Phi) is 4.70. The standard InChI is InChI=1S/C15H23N5O2/c21-20(22)13-14(18-8-4-1-2-5-9-18)16-12-17-15(13)19-10-6-3-7-11-19/h12H,1-11H2. The average Bonchev–Trinajstić information content (AvgIpc) is 2.84. The summed E-state index contributed by atoms with van der Waals surface area (Å²) in [6, 6.07) is 0. The van der Waals surface area contributed by atoms with Gasteiger partial charge in [0.05, 0.1) is 4.92 Å². The second kappa shape index (κ2) is 6.89. The number of anilines is 2. The van der Waals surface area contributed by atoms with Gasteiger partial charge in [0.2, 0.25) is 11.6 Å². The third kappa shape index (κ3) is 3.13. The van der Waals surface area contributed by atoms with E-state index in [1.807, 2.05) is 4.90 Å². The van der Waals surface area contributed by atoms with E-state index in [9.17, 15) is 10.1 Å². The van der Waals surface area contributed by atoms with Crippen molar-refractivity contribution in [1.82, 2.24) is 9.97 Å². The highest BCUT2D eigenvalue weighted by Gasteiger charge is 2.30. The van der Waals surface area contributed by atoms with Crippen molar-refractivity contribution in [3.8, 4) is 0 Å². The second-order valence-corrected chi connectivity index (χ2v) is 6.08. The summed E-state index contributed by atoms with van der Waals surface area (Å²) in [5.41, 5.74) is 0.0892. The van der Waals surface area contributed by atoms with E-state index in [1.54, 1.807) is 0 Å². The van der Waals surface area contributed by atoms with Gasteiger partial charge >= 0.3 is 5.69 Å². The molecule has 0 radical (unpaired) electrons. The van der Waals surface area contributed by atoms with Crippen LogP contribution in [0.3, 0.4) is 0 Å². The molecule has 2 saturated heterocycles. The van der Waals surface area contributed by atoms with Gasteiger partial charge in [-0.3, -0.25) is 10.1 Å². The van der Waals surface area contributed by atoms with Crippen molar-refractivity contribution in [2.24, 2.45) is 0 Å². The number of rotatable bonds is 3. The molecule has 0 aliphatic carbocycles.